The summed E-state index contributed by atoms with van der Waals surface area (Å²) in [6.07, 6.45) is 3.18. The predicted molar refractivity (Wildman–Crippen MR) is 105 cm³/mol. The van der Waals surface area contributed by atoms with Gasteiger partial charge < -0.3 is 5.32 Å². The number of hydrogen-bond donors (Lipinski definition) is 1. The van der Waals surface area contributed by atoms with Crippen LogP contribution in [0.2, 0.25) is 0 Å². The van der Waals surface area contributed by atoms with E-state index >= 15 is 0 Å². The van der Waals surface area contributed by atoms with Gasteiger partial charge in [0.2, 0.25) is 15.9 Å². The first-order valence-corrected chi connectivity index (χ1v) is 11.2. The highest BCUT2D eigenvalue weighted by molar-refractivity contribution is 7.98. The number of hydrogen-bond acceptors (Lipinski definition) is 4. The predicted octanol–water partition coefficient (Wildman–Crippen LogP) is 3.87. The lowest BCUT2D eigenvalue weighted by atomic mass is 10.2. The van der Waals surface area contributed by atoms with Crippen molar-refractivity contribution >= 4 is 39.1 Å². The van der Waals surface area contributed by atoms with Crippen LogP contribution in [0, 0.1) is 11.6 Å². The number of nitrogens with zero attached hydrogens (tertiary/aromatic N) is 1. The van der Waals surface area contributed by atoms with Gasteiger partial charge in [0.15, 0.2) is 11.6 Å². The van der Waals surface area contributed by atoms with Crippen molar-refractivity contribution < 1.29 is 22.0 Å². The first kappa shape index (κ1) is 21.2. The Morgan fingerprint density at radius 1 is 1.15 bits per heavy atom. The maximum atomic E-state index is 13.4. The normalized spacial score (nSPS) is 11.3. The van der Waals surface area contributed by atoms with Gasteiger partial charge in [-0.1, -0.05) is 12.1 Å². The summed E-state index contributed by atoms with van der Waals surface area (Å²) in [5, 5.41) is 2.79. The van der Waals surface area contributed by atoms with Crippen molar-refractivity contribution in [1.82, 2.24) is 0 Å². The van der Waals surface area contributed by atoms with Crippen LogP contribution in [0.3, 0.4) is 0 Å². The van der Waals surface area contributed by atoms with E-state index in [2.05, 4.69) is 5.32 Å². The molecule has 0 saturated carbocycles. The molecule has 146 valence electrons. The molecular formula is C18H20F2N2O3S2. The van der Waals surface area contributed by atoms with E-state index in [1.807, 2.05) is 24.5 Å². The minimum atomic E-state index is -3.71. The highest BCUT2D eigenvalue weighted by atomic mass is 32.2. The van der Waals surface area contributed by atoms with Crippen molar-refractivity contribution in [1.29, 1.82) is 0 Å². The van der Waals surface area contributed by atoms with E-state index in [4.69, 9.17) is 0 Å². The van der Waals surface area contributed by atoms with Crippen LogP contribution in [-0.2, 0) is 14.8 Å². The zero-order valence-electron chi connectivity index (χ0n) is 14.9. The van der Waals surface area contributed by atoms with E-state index in [1.54, 1.807) is 6.07 Å². The average Bonchev–Trinajstić information content (AvgIpc) is 2.60. The van der Waals surface area contributed by atoms with Gasteiger partial charge in [0.25, 0.3) is 0 Å². The molecule has 2 aromatic rings. The molecule has 5 nitrogen and oxygen atoms in total. The SMILES string of the molecule is CSc1ccccc1NC(=O)CCCN(c1ccc(F)c(F)c1)S(C)(=O)=O. The average molecular weight is 414 g/mol. The maximum Gasteiger partial charge on any atom is 0.232 e. The third-order valence-corrected chi connectivity index (χ3v) is 5.73. The van der Waals surface area contributed by atoms with Gasteiger partial charge in [0.1, 0.15) is 0 Å². The maximum absolute atomic E-state index is 13.4. The number of halogens is 2. The second kappa shape index (κ2) is 9.18. The molecule has 1 amide bonds. The monoisotopic (exact) mass is 414 g/mol. The largest absolute Gasteiger partial charge is 0.325 e. The van der Waals surface area contributed by atoms with Crippen molar-refractivity contribution in [3.8, 4) is 0 Å². The molecule has 0 aliphatic carbocycles. The summed E-state index contributed by atoms with van der Waals surface area (Å²) in [5.74, 6) is -2.44. The standard InChI is InChI=1S/C18H20F2N2O3S2/c1-26-17-7-4-3-6-16(17)21-18(23)8-5-11-22(27(2,24)25)13-9-10-14(19)15(20)12-13/h3-4,6-7,9-10,12H,5,8,11H2,1-2H3,(H,21,23). The van der Waals surface area contributed by atoms with Crippen LogP contribution in [0.4, 0.5) is 20.2 Å². The highest BCUT2D eigenvalue weighted by Gasteiger charge is 2.19. The van der Waals surface area contributed by atoms with E-state index < -0.39 is 21.7 Å². The molecule has 0 fully saturated rings. The zero-order chi connectivity index (χ0) is 20.0. The molecule has 0 radical (unpaired) electrons. The summed E-state index contributed by atoms with van der Waals surface area (Å²) < 4.78 is 51.4. The van der Waals surface area contributed by atoms with Gasteiger partial charge in [0, 0.05) is 23.9 Å². The summed E-state index contributed by atoms with van der Waals surface area (Å²) in [6, 6.07) is 10.2. The minimum Gasteiger partial charge on any atom is -0.325 e. The third kappa shape index (κ3) is 5.93. The van der Waals surface area contributed by atoms with E-state index in [0.29, 0.717) is 5.69 Å². The molecule has 27 heavy (non-hydrogen) atoms. The molecule has 0 bridgehead atoms. The fourth-order valence-corrected chi connectivity index (χ4v) is 3.98. The Hall–Kier alpha value is -2.13. The van der Waals surface area contributed by atoms with Crippen LogP contribution in [0.25, 0.3) is 0 Å². The molecule has 0 aliphatic heterocycles. The molecule has 2 rings (SSSR count). The van der Waals surface area contributed by atoms with Crippen molar-refractivity contribution in [2.75, 3.05) is 28.7 Å². The molecule has 0 spiro atoms. The van der Waals surface area contributed by atoms with E-state index in [-0.39, 0.29) is 31.0 Å². The minimum absolute atomic E-state index is 0.0181. The molecule has 0 atom stereocenters. The quantitative estimate of drug-likeness (QED) is 0.666. The number of carbonyl (C=O) groups is 1. The van der Waals surface area contributed by atoms with Gasteiger partial charge in [-0.25, -0.2) is 17.2 Å². The summed E-state index contributed by atoms with van der Waals surface area (Å²) in [4.78, 5) is 13.1. The molecule has 0 heterocycles. The number of carbonyl (C=O) groups excluding carboxylic acids is 1. The van der Waals surface area contributed by atoms with Crippen molar-refractivity contribution in [3.63, 3.8) is 0 Å². The second-order valence-electron chi connectivity index (χ2n) is 5.79. The molecule has 0 aliphatic rings. The summed E-state index contributed by atoms with van der Waals surface area (Å²) >= 11 is 1.50. The molecule has 0 saturated heterocycles. The lowest BCUT2D eigenvalue weighted by molar-refractivity contribution is -0.116. The first-order valence-electron chi connectivity index (χ1n) is 8.08. The Balaban J connectivity index is 2.01. The van der Waals surface area contributed by atoms with Crippen molar-refractivity contribution in [2.45, 2.75) is 17.7 Å². The Kier molecular flexibility index (Phi) is 7.20. The Morgan fingerprint density at radius 2 is 1.85 bits per heavy atom. The Labute approximate surface area is 161 Å². The summed E-state index contributed by atoms with van der Waals surface area (Å²) in [5.41, 5.74) is 0.708. The number of amides is 1. The van der Waals surface area contributed by atoms with Crippen LogP contribution >= 0.6 is 11.8 Å². The smallest absolute Gasteiger partial charge is 0.232 e. The molecule has 9 heteroatoms. The van der Waals surface area contributed by atoms with Crippen LogP contribution in [0.5, 0.6) is 0 Å². The number of thioether (sulfide) groups is 1. The van der Waals surface area contributed by atoms with E-state index in [0.717, 1.165) is 27.6 Å². The second-order valence-corrected chi connectivity index (χ2v) is 8.54. The highest BCUT2D eigenvalue weighted by Crippen LogP contribution is 2.25. The molecule has 1 N–H and O–H groups in total. The van der Waals surface area contributed by atoms with Crippen molar-refractivity contribution in [3.05, 3.63) is 54.1 Å². The fourth-order valence-electron chi connectivity index (χ4n) is 2.47. The van der Waals surface area contributed by atoms with Gasteiger partial charge in [-0.2, -0.15) is 0 Å². The number of rotatable bonds is 8. The van der Waals surface area contributed by atoms with Crippen LogP contribution < -0.4 is 9.62 Å². The zero-order valence-corrected chi connectivity index (χ0v) is 16.5. The number of nitrogens with one attached hydrogen (secondary N) is 1. The topological polar surface area (TPSA) is 66.5 Å². The number of sulfonamides is 1. The summed E-state index contributed by atoms with van der Waals surface area (Å²) in [6.45, 7) is -0.0263. The number of para-hydroxylation sites is 1. The summed E-state index contributed by atoms with van der Waals surface area (Å²) in [7, 11) is -3.71. The number of benzene rings is 2. The molecule has 0 aromatic heterocycles. The van der Waals surface area contributed by atoms with Gasteiger partial charge in [-0.05, 0) is 36.9 Å². The van der Waals surface area contributed by atoms with Gasteiger partial charge in [-0.15, -0.1) is 11.8 Å². The van der Waals surface area contributed by atoms with Crippen LogP contribution in [0.1, 0.15) is 12.8 Å². The van der Waals surface area contributed by atoms with Gasteiger partial charge in [-0.3, -0.25) is 9.10 Å². The molecule has 0 unspecified atom stereocenters. The van der Waals surface area contributed by atoms with Gasteiger partial charge in [0.05, 0.1) is 17.6 Å². The van der Waals surface area contributed by atoms with Crippen LogP contribution in [-0.4, -0.2) is 33.4 Å². The lowest BCUT2D eigenvalue weighted by Gasteiger charge is -2.22. The lowest BCUT2D eigenvalue weighted by Crippen LogP contribution is -2.31. The van der Waals surface area contributed by atoms with E-state index in [9.17, 15) is 22.0 Å². The first-order chi connectivity index (χ1) is 12.7. The van der Waals surface area contributed by atoms with E-state index in [1.165, 1.54) is 17.8 Å². The Morgan fingerprint density at radius 3 is 2.48 bits per heavy atom. The Bertz CT molecular complexity index is 921. The fraction of sp³-hybridized carbons (Fsp3) is 0.278. The third-order valence-electron chi connectivity index (χ3n) is 3.74. The molecular weight excluding hydrogens is 394 g/mol. The molecule has 2 aromatic carbocycles. The van der Waals surface area contributed by atoms with Crippen molar-refractivity contribution in [2.24, 2.45) is 0 Å². The van der Waals surface area contributed by atoms with Gasteiger partial charge >= 0.3 is 0 Å². The van der Waals surface area contributed by atoms with Crippen LogP contribution in [0.15, 0.2) is 47.4 Å². The number of anilines is 2.